The lowest BCUT2D eigenvalue weighted by molar-refractivity contribution is -0.136. The molecule has 0 aliphatic heterocycles. The van der Waals surface area contributed by atoms with Gasteiger partial charge in [0.1, 0.15) is 30.1 Å². The molecule has 0 aliphatic rings. The summed E-state index contributed by atoms with van der Waals surface area (Å²) in [6, 6.07) is 16.0. The predicted octanol–water partition coefficient (Wildman–Crippen LogP) is 4.94. The van der Waals surface area contributed by atoms with E-state index in [9.17, 15) is 14.4 Å². The minimum absolute atomic E-state index is 0.144. The van der Waals surface area contributed by atoms with Crippen LogP contribution < -0.4 is 20.7 Å². The number of amides is 3. The number of methoxy groups -OCH3 is 1. The van der Waals surface area contributed by atoms with Gasteiger partial charge < -0.3 is 30.2 Å². The molecule has 42 heavy (non-hydrogen) atoms. The first kappa shape index (κ1) is 34.4. The van der Waals surface area contributed by atoms with Crippen LogP contribution in [0.1, 0.15) is 58.6 Å². The van der Waals surface area contributed by atoms with E-state index in [0.717, 1.165) is 11.1 Å². The molecule has 2 rings (SSSR count). The normalized spacial score (nSPS) is 13.4. The topological polar surface area (TPSA) is 115 Å². The largest absolute Gasteiger partial charge is 0.491 e. The van der Waals surface area contributed by atoms with Gasteiger partial charge in [-0.15, -0.1) is 6.58 Å². The molecule has 3 amide bonds. The van der Waals surface area contributed by atoms with E-state index >= 15 is 0 Å². The highest BCUT2D eigenvalue weighted by Crippen LogP contribution is 2.16. The van der Waals surface area contributed by atoms with Crippen LogP contribution in [0.15, 0.2) is 67.3 Å². The van der Waals surface area contributed by atoms with Crippen LogP contribution in [-0.2, 0) is 32.0 Å². The van der Waals surface area contributed by atoms with Gasteiger partial charge in [-0.1, -0.05) is 62.4 Å². The molecule has 3 N–H and O–H groups in total. The molecular formula is C33H47N3O6. The minimum Gasteiger partial charge on any atom is -0.491 e. The minimum atomic E-state index is -0.841. The Labute approximate surface area is 250 Å². The second-order valence-electron chi connectivity index (χ2n) is 11.5. The standard InChI is InChI=1S/C33H47N3O6/c1-8-13-24-16-12-17-27(20-24)41-22-26(35-32(39)42-33(4,5)6)18-19-28(40-7)30(37)36-29(23(2)3)31(38)34-21-25-14-10-9-11-15-25/h8-12,14-17,20,23,26,28-29H,1,13,18-19,21-22H2,2-7H3,(H,34,38)(H,35,39)(H,36,37)/t26-,28-,29+/m1/s1. The van der Waals surface area contributed by atoms with Crippen molar-refractivity contribution in [2.24, 2.45) is 5.92 Å². The summed E-state index contributed by atoms with van der Waals surface area (Å²) in [5, 5.41) is 8.60. The smallest absolute Gasteiger partial charge is 0.407 e. The molecule has 0 heterocycles. The van der Waals surface area contributed by atoms with Gasteiger partial charge in [-0.25, -0.2) is 4.79 Å². The van der Waals surface area contributed by atoms with Crippen molar-refractivity contribution in [1.29, 1.82) is 0 Å². The molecule has 2 aromatic carbocycles. The SMILES string of the molecule is C=CCc1cccc(OC[C@@H](CC[C@@H](OC)C(=O)N[C@H](C(=O)NCc2ccccc2)C(C)C)NC(=O)OC(C)(C)C)c1. The third-order valence-electron chi connectivity index (χ3n) is 6.36. The number of carbonyl (C=O) groups is 3. The molecule has 0 unspecified atom stereocenters. The average Bonchev–Trinajstić information content (AvgIpc) is 2.93. The maximum atomic E-state index is 13.2. The van der Waals surface area contributed by atoms with Crippen molar-refractivity contribution in [3.63, 3.8) is 0 Å². The fourth-order valence-corrected chi connectivity index (χ4v) is 4.18. The Morgan fingerprint density at radius 1 is 0.929 bits per heavy atom. The van der Waals surface area contributed by atoms with Crippen molar-refractivity contribution < 1.29 is 28.6 Å². The van der Waals surface area contributed by atoms with Crippen LogP contribution >= 0.6 is 0 Å². The van der Waals surface area contributed by atoms with Crippen molar-refractivity contribution >= 4 is 17.9 Å². The van der Waals surface area contributed by atoms with Crippen LogP contribution in [-0.4, -0.2) is 55.4 Å². The molecule has 9 nitrogen and oxygen atoms in total. The van der Waals surface area contributed by atoms with Crippen LogP contribution in [0.5, 0.6) is 5.75 Å². The molecular weight excluding hydrogens is 534 g/mol. The van der Waals surface area contributed by atoms with Crippen LogP contribution in [0, 0.1) is 5.92 Å². The van der Waals surface area contributed by atoms with E-state index in [0.29, 0.717) is 25.1 Å². The number of hydrogen-bond donors (Lipinski definition) is 3. The van der Waals surface area contributed by atoms with Crippen molar-refractivity contribution in [3.05, 3.63) is 78.4 Å². The van der Waals surface area contributed by atoms with E-state index in [2.05, 4.69) is 22.5 Å². The number of benzene rings is 2. The first-order valence-electron chi connectivity index (χ1n) is 14.4. The van der Waals surface area contributed by atoms with E-state index in [1.807, 2.05) is 74.5 Å². The summed E-state index contributed by atoms with van der Waals surface area (Å²) in [4.78, 5) is 38.7. The number of rotatable bonds is 16. The number of ether oxygens (including phenoxy) is 3. The lowest BCUT2D eigenvalue weighted by atomic mass is 10.0. The van der Waals surface area contributed by atoms with Gasteiger partial charge in [0, 0.05) is 13.7 Å². The quantitative estimate of drug-likeness (QED) is 0.242. The van der Waals surface area contributed by atoms with Gasteiger partial charge >= 0.3 is 6.09 Å². The second-order valence-corrected chi connectivity index (χ2v) is 11.5. The molecule has 0 saturated heterocycles. The third kappa shape index (κ3) is 12.8. The van der Waals surface area contributed by atoms with Crippen LogP contribution in [0.4, 0.5) is 4.79 Å². The van der Waals surface area contributed by atoms with Crippen molar-refractivity contribution in [2.45, 2.75) is 84.2 Å². The zero-order valence-corrected chi connectivity index (χ0v) is 25.8. The number of allylic oxidation sites excluding steroid dienone is 1. The van der Waals surface area contributed by atoms with E-state index < -0.39 is 35.8 Å². The maximum Gasteiger partial charge on any atom is 0.407 e. The molecule has 2 aromatic rings. The van der Waals surface area contributed by atoms with Crippen molar-refractivity contribution in [2.75, 3.05) is 13.7 Å². The summed E-state index contributed by atoms with van der Waals surface area (Å²) in [5.74, 6) is -0.157. The van der Waals surface area contributed by atoms with E-state index in [4.69, 9.17) is 14.2 Å². The van der Waals surface area contributed by atoms with E-state index in [1.165, 1.54) is 7.11 Å². The van der Waals surface area contributed by atoms with Gasteiger partial charge in [-0.2, -0.15) is 0 Å². The fraction of sp³-hybridized carbons (Fsp3) is 0.485. The first-order valence-corrected chi connectivity index (χ1v) is 14.4. The summed E-state index contributed by atoms with van der Waals surface area (Å²) in [7, 11) is 1.45. The molecule has 0 fully saturated rings. The number of nitrogens with one attached hydrogen (secondary N) is 3. The Balaban J connectivity index is 2.04. The van der Waals surface area contributed by atoms with Crippen molar-refractivity contribution in [3.8, 4) is 5.75 Å². The lowest BCUT2D eigenvalue weighted by Gasteiger charge is -2.26. The molecule has 0 aliphatic carbocycles. The molecule has 0 spiro atoms. The molecule has 3 atom stereocenters. The van der Waals surface area contributed by atoms with Gasteiger partial charge in [-0.05, 0) is 69.2 Å². The highest BCUT2D eigenvalue weighted by molar-refractivity contribution is 5.89. The molecule has 0 radical (unpaired) electrons. The van der Waals surface area contributed by atoms with E-state index in [1.54, 1.807) is 20.8 Å². The Kier molecular flexibility index (Phi) is 14.1. The van der Waals surface area contributed by atoms with Crippen molar-refractivity contribution in [1.82, 2.24) is 16.0 Å². The Hall–Kier alpha value is -3.85. The highest BCUT2D eigenvalue weighted by atomic mass is 16.6. The summed E-state index contributed by atoms with van der Waals surface area (Å²) < 4.78 is 17.0. The summed E-state index contributed by atoms with van der Waals surface area (Å²) in [5.41, 5.74) is 1.35. The Morgan fingerprint density at radius 3 is 2.24 bits per heavy atom. The molecule has 230 valence electrons. The van der Waals surface area contributed by atoms with Gasteiger partial charge in [0.2, 0.25) is 11.8 Å². The lowest BCUT2D eigenvalue weighted by Crippen LogP contribution is -2.52. The zero-order chi connectivity index (χ0) is 31.1. The molecule has 9 heteroatoms. The zero-order valence-electron chi connectivity index (χ0n) is 25.8. The van der Waals surface area contributed by atoms with Gasteiger partial charge in [0.05, 0.1) is 6.04 Å². The summed E-state index contributed by atoms with van der Waals surface area (Å²) in [6.07, 6.45) is 1.75. The molecule has 0 aromatic heterocycles. The van der Waals surface area contributed by atoms with Gasteiger partial charge in [0.15, 0.2) is 0 Å². The summed E-state index contributed by atoms with van der Waals surface area (Å²) in [6.45, 7) is 13.4. The fourth-order valence-electron chi connectivity index (χ4n) is 4.18. The van der Waals surface area contributed by atoms with Gasteiger partial charge in [-0.3, -0.25) is 9.59 Å². The maximum absolute atomic E-state index is 13.2. The van der Waals surface area contributed by atoms with Gasteiger partial charge in [0.25, 0.3) is 0 Å². The Morgan fingerprint density at radius 2 is 1.62 bits per heavy atom. The average molecular weight is 582 g/mol. The number of alkyl carbamates (subject to hydrolysis) is 1. The Bertz CT molecular complexity index is 1150. The van der Waals surface area contributed by atoms with Crippen LogP contribution in [0.25, 0.3) is 0 Å². The molecule has 0 bridgehead atoms. The number of hydrogen-bond acceptors (Lipinski definition) is 6. The van der Waals surface area contributed by atoms with Crippen LogP contribution in [0.3, 0.4) is 0 Å². The highest BCUT2D eigenvalue weighted by Gasteiger charge is 2.29. The third-order valence-corrected chi connectivity index (χ3v) is 6.36. The predicted molar refractivity (Wildman–Crippen MR) is 164 cm³/mol. The second kappa shape index (κ2) is 17.2. The first-order chi connectivity index (χ1) is 19.9. The van der Waals surface area contributed by atoms with E-state index in [-0.39, 0.29) is 24.9 Å². The monoisotopic (exact) mass is 581 g/mol. The molecule has 0 saturated carbocycles. The number of carbonyl (C=O) groups excluding carboxylic acids is 3. The van der Waals surface area contributed by atoms with Crippen LogP contribution in [0.2, 0.25) is 0 Å². The summed E-state index contributed by atoms with van der Waals surface area (Å²) >= 11 is 0.